The Bertz CT molecular complexity index is 1310. The zero-order valence-electron chi connectivity index (χ0n) is 16.4. The zero-order valence-corrected chi connectivity index (χ0v) is 16.4. The van der Waals surface area contributed by atoms with Crippen molar-refractivity contribution in [1.82, 2.24) is 4.98 Å². The van der Waals surface area contributed by atoms with Gasteiger partial charge < -0.3 is 14.5 Å². The maximum Gasteiger partial charge on any atom is 0.270 e. The average molecular weight is 415 g/mol. The SMILES string of the molecule is COc1ccc2oc(-c3cccc(NC(=O)C=Cc4cccc([N+](=O)[O-])c4)c3)nc2c1. The average Bonchev–Trinajstić information content (AvgIpc) is 3.21. The second kappa shape index (κ2) is 8.50. The van der Waals surface area contributed by atoms with Crippen LogP contribution in [0.2, 0.25) is 0 Å². The number of nitro groups is 1. The number of benzene rings is 3. The Morgan fingerprint density at radius 1 is 1.13 bits per heavy atom. The quantitative estimate of drug-likeness (QED) is 0.268. The molecule has 8 nitrogen and oxygen atoms in total. The van der Waals surface area contributed by atoms with E-state index in [9.17, 15) is 14.9 Å². The first kappa shape index (κ1) is 19.8. The molecule has 0 fully saturated rings. The number of amides is 1. The molecule has 1 amide bonds. The summed E-state index contributed by atoms with van der Waals surface area (Å²) in [6, 6.07) is 18.5. The number of nitrogens with one attached hydrogen (secondary N) is 1. The molecule has 0 aliphatic rings. The summed E-state index contributed by atoms with van der Waals surface area (Å²) in [4.78, 5) is 27.1. The van der Waals surface area contributed by atoms with Crippen LogP contribution in [0.5, 0.6) is 5.75 Å². The Hall–Kier alpha value is -4.46. The van der Waals surface area contributed by atoms with E-state index in [1.807, 2.05) is 6.07 Å². The lowest BCUT2D eigenvalue weighted by atomic mass is 10.2. The Morgan fingerprint density at radius 3 is 2.77 bits per heavy atom. The van der Waals surface area contributed by atoms with E-state index in [0.717, 1.165) is 0 Å². The van der Waals surface area contributed by atoms with Crippen LogP contribution in [0, 0.1) is 10.1 Å². The summed E-state index contributed by atoms with van der Waals surface area (Å²) in [5.74, 6) is 0.737. The lowest BCUT2D eigenvalue weighted by Gasteiger charge is -2.03. The fourth-order valence-corrected chi connectivity index (χ4v) is 2.99. The van der Waals surface area contributed by atoms with Crippen LogP contribution in [0.4, 0.5) is 11.4 Å². The van der Waals surface area contributed by atoms with Crippen molar-refractivity contribution in [3.8, 4) is 17.2 Å². The first-order chi connectivity index (χ1) is 15.0. The molecule has 154 valence electrons. The molecule has 0 atom stereocenters. The predicted molar refractivity (Wildman–Crippen MR) is 117 cm³/mol. The molecule has 1 heterocycles. The van der Waals surface area contributed by atoms with Gasteiger partial charge in [-0.05, 0) is 42.0 Å². The molecule has 0 aliphatic carbocycles. The molecule has 8 heteroatoms. The Balaban J connectivity index is 1.50. The highest BCUT2D eigenvalue weighted by atomic mass is 16.6. The highest BCUT2D eigenvalue weighted by molar-refractivity contribution is 6.02. The number of rotatable bonds is 6. The van der Waals surface area contributed by atoms with E-state index in [0.29, 0.717) is 39.6 Å². The summed E-state index contributed by atoms with van der Waals surface area (Å²) in [5.41, 5.74) is 3.08. The van der Waals surface area contributed by atoms with Crippen molar-refractivity contribution < 1.29 is 18.9 Å². The highest BCUT2D eigenvalue weighted by Gasteiger charge is 2.10. The van der Waals surface area contributed by atoms with Gasteiger partial charge in [0.1, 0.15) is 11.3 Å². The van der Waals surface area contributed by atoms with Gasteiger partial charge in [0.15, 0.2) is 5.58 Å². The molecule has 1 N–H and O–H groups in total. The van der Waals surface area contributed by atoms with E-state index in [4.69, 9.17) is 9.15 Å². The van der Waals surface area contributed by atoms with Crippen molar-refractivity contribution in [2.24, 2.45) is 0 Å². The van der Waals surface area contributed by atoms with E-state index >= 15 is 0 Å². The van der Waals surface area contributed by atoms with Gasteiger partial charge in [0, 0.05) is 35.5 Å². The van der Waals surface area contributed by atoms with Gasteiger partial charge in [-0.2, -0.15) is 0 Å². The number of ether oxygens (including phenoxy) is 1. The number of fused-ring (bicyclic) bond motifs is 1. The molecule has 4 rings (SSSR count). The first-order valence-corrected chi connectivity index (χ1v) is 9.30. The van der Waals surface area contributed by atoms with Crippen molar-refractivity contribution in [2.75, 3.05) is 12.4 Å². The number of hydrogen-bond acceptors (Lipinski definition) is 6. The van der Waals surface area contributed by atoms with Crippen molar-refractivity contribution in [2.45, 2.75) is 0 Å². The predicted octanol–water partition coefficient (Wildman–Crippen LogP) is 5.06. The van der Waals surface area contributed by atoms with Crippen LogP contribution in [0.3, 0.4) is 0 Å². The second-order valence-corrected chi connectivity index (χ2v) is 6.61. The van der Waals surface area contributed by atoms with Crippen molar-refractivity contribution >= 4 is 34.5 Å². The number of anilines is 1. The van der Waals surface area contributed by atoms with E-state index < -0.39 is 4.92 Å². The standard InChI is InChI=1S/C23H17N3O5/c1-30-19-9-10-21-20(14-19)25-23(31-21)16-5-3-6-17(13-16)24-22(27)11-8-15-4-2-7-18(12-15)26(28)29/h2-14H,1H3,(H,24,27). The number of oxazole rings is 1. The second-order valence-electron chi connectivity index (χ2n) is 6.61. The van der Waals surface area contributed by atoms with Gasteiger partial charge in [0.05, 0.1) is 12.0 Å². The molecule has 0 saturated carbocycles. The molecular formula is C23H17N3O5. The summed E-state index contributed by atoms with van der Waals surface area (Å²) in [6.07, 6.45) is 2.83. The molecule has 0 spiro atoms. The number of carbonyl (C=O) groups excluding carboxylic acids is 1. The third-order valence-corrected chi connectivity index (χ3v) is 4.48. The van der Waals surface area contributed by atoms with Gasteiger partial charge in [-0.25, -0.2) is 4.98 Å². The Labute approximate surface area is 176 Å². The molecule has 3 aromatic carbocycles. The van der Waals surface area contributed by atoms with Crippen LogP contribution >= 0.6 is 0 Å². The molecule has 0 saturated heterocycles. The monoisotopic (exact) mass is 415 g/mol. The van der Waals surface area contributed by atoms with Gasteiger partial charge in [0.25, 0.3) is 5.69 Å². The molecule has 0 aliphatic heterocycles. The van der Waals surface area contributed by atoms with E-state index in [-0.39, 0.29) is 11.6 Å². The topological polar surface area (TPSA) is 108 Å². The minimum Gasteiger partial charge on any atom is -0.497 e. The van der Waals surface area contributed by atoms with Crippen molar-refractivity contribution in [3.63, 3.8) is 0 Å². The van der Waals surface area contributed by atoms with Crippen LogP contribution < -0.4 is 10.1 Å². The maximum atomic E-state index is 12.3. The summed E-state index contributed by atoms with van der Waals surface area (Å²) >= 11 is 0. The van der Waals surface area contributed by atoms with Gasteiger partial charge >= 0.3 is 0 Å². The molecule has 31 heavy (non-hydrogen) atoms. The maximum absolute atomic E-state index is 12.3. The number of nitro benzene ring substituents is 1. The van der Waals surface area contributed by atoms with Gasteiger partial charge in [-0.3, -0.25) is 14.9 Å². The summed E-state index contributed by atoms with van der Waals surface area (Å²) in [6.45, 7) is 0. The Morgan fingerprint density at radius 2 is 1.97 bits per heavy atom. The van der Waals surface area contributed by atoms with E-state index in [1.165, 1.54) is 24.3 Å². The van der Waals surface area contributed by atoms with E-state index in [2.05, 4.69) is 10.3 Å². The highest BCUT2D eigenvalue weighted by Crippen LogP contribution is 2.28. The van der Waals surface area contributed by atoms with Gasteiger partial charge in [-0.1, -0.05) is 18.2 Å². The fourth-order valence-electron chi connectivity index (χ4n) is 2.99. The molecule has 0 bridgehead atoms. The summed E-state index contributed by atoms with van der Waals surface area (Å²) in [7, 11) is 1.59. The van der Waals surface area contributed by atoms with Crippen LogP contribution in [0.15, 0.2) is 77.2 Å². The zero-order chi connectivity index (χ0) is 21.8. The number of nitrogens with zero attached hydrogens (tertiary/aromatic N) is 2. The van der Waals surface area contributed by atoms with Crippen LogP contribution in [0.25, 0.3) is 28.6 Å². The van der Waals surface area contributed by atoms with Crippen molar-refractivity contribution in [3.05, 3.63) is 88.5 Å². The van der Waals surface area contributed by atoms with Gasteiger partial charge in [-0.15, -0.1) is 0 Å². The normalized spacial score (nSPS) is 11.0. The van der Waals surface area contributed by atoms with Crippen LogP contribution in [-0.2, 0) is 4.79 Å². The largest absolute Gasteiger partial charge is 0.497 e. The number of carbonyl (C=O) groups is 1. The molecule has 0 unspecified atom stereocenters. The fraction of sp³-hybridized carbons (Fsp3) is 0.0435. The number of methoxy groups -OCH3 is 1. The minimum atomic E-state index is -0.481. The van der Waals surface area contributed by atoms with Crippen LogP contribution in [-0.4, -0.2) is 22.9 Å². The van der Waals surface area contributed by atoms with Crippen LogP contribution in [0.1, 0.15) is 5.56 Å². The molecule has 4 aromatic rings. The molecule has 0 radical (unpaired) electrons. The summed E-state index contributed by atoms with van der Waals surface area (Å²) < 4.78 is 11.0. The Kier molecular flexibility index (Phi) is 5.44. The first-order valence-electron chi connectivity index (χ1n) is 9.30. The number of non-ortho nitro benzene ring substituents is 1. The smallest absolute Gasteiger partial charge is 0.270 e. The van der Waals surface area contributed by atoms with E-state index in [1.54, 1.807) is 55.6 Å². The lowest BCUT2D eigenvalue weighted by molar-refractivity contribution is -0.384. The molecule has 1 aromatic heterocycles. The third-order valence-electron chi connectivity index (χ3n) is 4.48. The number of aromatic nitrogens is 1. The summed E-state index contributed by atoms with van der Waals surface area (Å²) in [5, 5.41) is 13.6. The lowest BCUT2D eigenvalue weighted by Crippen LogP contribution is -2.07. The minimum absolute atomic E-state index is 0.0359. The molecular weight excluding hydrogens is 398 g/mol. The number of hydrogen-bond donors (Lipinski definition) is 1. The van der Waals surface area contributed by atoms with Crippen molar-refractivity contribution in [1.29, 1.82) is 0 Å². The third kappa shape index (κ3) is 4.59. The van der Waals surface area contributed by atoms with Gasteiger partial charge in [0.2, 0.25) is 11.8 Å².